The van der Waals surface area contributed by atoms with Crippen LogP contribution >= 0.6 is 0 Å². The largest absolute Gasteiger partial charge is 0.493 e. The number of rotatable bonds is 12. The molecular formula is C35H45FN4O2. The molecule has 1 N–H and O–H groups in total. The molecule has 1 unspecified atom stereocenters. The number of carbonyl (C=O) groups is 1. The van der Waals surface area contributed by atoms with Gasteiger partial charge in [0.15, 0.2) is 0 Å². The molecule has 3 aromatic rings. The molecule has 42 heavy (non-hydrogen) atoms. The Labute approximate surface area is 250 Å². The maximum absolute atomic E-state index is 14.5. The third-order valence-corrected chi connectivity index (χ3v) is 8.75. The molecule has 0 aromatic heterocycles. The Morgan fingerprint density at radius 1 is 0.857 bits per heavy atom. The fraction of sp³-hybridized carbons (Fsp3) is 0.457. The first kappa shape index (κ1) is 30.2. The van der Waals surface area contributed by atoms with Crippen molar-refractivity contribution >= 4 is 5.91 Å². The molecule has 7 heteroatoms. The number of hydrogen-bond acceptors (Lipinski definition) is 5. The zero-order valence-corrected chi connectivity index (χ0v) is 24.9. The fourth-order valence-corrected chi connectivity index (χ4v) is 6.29. The Bertz CT molecular complexity index is 1240. The standard InChI is InChI=1S/C35H45FN4O2/c1-2-42-34-15-9-14-32(36)31(34)26-39-20-22-40(23-21-39)35(41)27-38-18-16-30(17-19-38)33(24-28-10-5-3-6-11-28)37-25-29-12-7-4-8-13-29/h3-15,30,33,37H,2,16-27H2,1H3. The van der Waals surface area contributed by atoms with Gasteiger partial charge in [0.2, 0.25) is 5.91 Å². The van der Waals surface area contributed by atoms with E-state index in [1.165, 1.54) is 17.2 Å². The third-order valence-electron chi connectivity index (χ3n) is 8.75. The summed E-state index contributed by atoms with van der Waals surface area (Å²) in [6.07, 6.45) is 3.19. The van der Waals surface area contributed by atoms with Crippen LogP contribution in [-0.4, -0.2) is 79.1 Å². The van der Waals surface area contributed by atoms with Crippen molar-refractivity contribution in [3.63, 3.8) is 0 Å². The predicted molar refractivity (Wildman–Crippen MR) is 166 cm³/mol. The van der Waals surface area contributed by atoms with Crippen molar-refractivity contribution in [2.24, 2.45) is 5.92 Å². The number of nitrogens with zero attached hydrogens (tertiary/aromatic N) is 3. The van der Waals surface area contributed by atoms with E-state index in [1.54, 1.807) is 6.07 Å². The number of hydrogen-bond donors (Lipinski definition) is 1. The van der Waals surface area contributed by atoms with Crippen LogP contribution in [-0.2, 0) is 24.3 Å². The van der Waals surface area contributed by atoms with E-state index in [9.17, 15) is 9.18 Å². The van der Waals surface area contributed by atoms with E-state index in [2.05, 4.69) is 75.8 Å². The highest BCUT2D eigenvalue weighted by atomic mass is 19.1. The number of nitrogens with one attached hydrogen (secondary N) is 1. The van der Waals surface area contributed by atoms with Crippen LogP contribution in [0.2, 0.25) is 0 Å². The van der Waals surface area contributed by atoms with Crippen LogP contribution in [0.3, 0.4) is 0 Å². The summed E-state index contributed by atoms with van der Waals surface area (Å²) in [4.78, 5) is 19.7. The molecule has 2 aliphatic heterocycles. The Hall–Kier alpha value is -3.26. The molecule has 2 fully saturated rings. The van der Waals surface area contributed by atoms with Gasteiger partial charge in [-0.15, -0.1) is 0 Å². The molecule has 224 valence electrons. The number of ether oxygens (including phenoxy) is 1. The van der Waals surface area contributed by atoms with Gasteiger partial charge in [-0.05, 0) is 68.5 Å². The van der Waals surface area contributed by atoms with Gasteiger partial charge in [0.05, 0.1) is 13.2 Å². The number of halogens is 1. The van der Waals surface area contributed by atoms with Crippen LogP contribution in [0, 0.1) is 11.7 Å². The second-order valence-corrected chi connectivity index (χ2v) is 11.6. The molecule has 2 heterocycles. The van der Waals surface area contributed by atoms with E-state index in [-0.39, 0.29) is 11.7 Å². The van der Waals surface area contributed by atoms with Crippen molar-refractivity contribution in [2.75, 3.05) is 52.4 Å². The van der Waals surface area contributed by atoms with E-state index < -0.39 is 0 Å². The fourth-order valence-electron chi connectivity index (χ4n) is 6.29. The van der Waals surface area contributed by atoms with Crippen molar-refractivity contribution in [3.8, 4) is 5.75 Å². The summed E-state index contributed by atoms with van der Waals surface area (Å²) >= 11 is 0. The number of benzene rings is 3. The summed E-state index contributed by atoms with van der Waals surface area (Å²) in [6.45, 7) is 8.99. The number of piperazine rings is 1. The van der Waals surface area contributed by atoms with E-state index in [4.69, 9.17) is 4.74 Å². The zero-order chi connectivity index (χ0) is 29.1. The predicted octanol–water partition coefficient (Wildman–Crippen LogP) is 4.98. The van der Waals surface area contributed by atoms with Gasteiger partial charge >= 0.3 is 0 Å². The van der Waals surface area contributed by atoms with Crippen LogP contribution in [0.1, 0.15) is 36.5 Å². The number of piperidine rings is 1. The van der Waals surface area contributed by atoms with Gasteiger partial charge in [-0.2, -0.15) is 0 Å². The summed E-state index contributed by atoms with van der Waals surface area (Å²) in [6, 6.07) is 26.8. The van der Waals surface area contributed by atoms with Gasteiger partial charge < -0.3 is 15.0 Å². The van der Waals surface area contributed by atoms with Crippen LogP contribution in [0.25, 0.3) is 0 Å². The first-order valence-corrected chi connectivity index (χ1v) is 15.5. The number of carbonyl (C=O) groups excluding carboxylic acids is 1. The normalized spacial score (nSPS) is 17.7. The van der Waals surface area contributed by atoms with Crippen molar-refractivity contribution < 1.29 is 13.9 Å². The highest BCUT2D eigenvalue weighted by Gasteiger charge is 2.29. The quantitative estimate of drug-likeness (QED) is 0.332. The average molecular weight is 573 g/mol. The highest BCUT2D eigenvalue weighted by molar-refractivity contribution is 5.78. The minimum absolute atomic E-state index is 0.206. The Kier molecular flexibility index (Phi) is 11.0. The molecule has 6 nitrogen and oxygen atoms in total. The lowest BCUT2D eigenvalue weighted by Gasteiger charge is -2.39. The van der Waals surface area contributed by atoms with Gasteiger partial charge in [0, 0.05) is 50.9 Å². The molecule has 0 aliphatic carbocycles. The molecule has 5 rings (SSSR count). The second kappa shape index (κ2) is 15.3. The SMILES string of the molecule is CCOc1cccc(F)c1CN1CCN(C(=O)CN2CCC(C(Cc3ccccc3)NCc3ccccc3)CC2)CC1. The van der Waals surface area contributed by atoms with Crippen LogP contribution in [0.15, 0.2) is 78.9 Å². The molecular weight excluding hydrogens is 527 g/mol. The molecule has 2 saturated heterocycles. The van der Waals surface area contributed by atoms with Crippen LogP contribution < -0.4 is 10.1 Å². The first-order valence-electron chi connectivity index (χ1n) is 15.5. The highest BCUT2D eigenvalue weighted by Crippen LogP contribution is 2.25. The van der Waals surface area contributed by atoms with Gasteiger partial charge in [-0.25, -0.2) is 4.39 Å². The van der Waals surface area contributed by atoms with E-state index in [0.717, 1.165) is 52.0 Å². The smallest absolute Gasteiger partial charge is 0.236 e. The van der Waals surface area contributed by atoms with Crippen LogP contribution in [0.4, 0.5) is 4.39 Å². The minimum atomic E-state index is -0.232. The summed E-state index contributed by atoms with van der Waals surface area (Å²) < 4.78 is 20.2. The Morgan fingerprint density at radius 2 is 1.52 bits per heavy atom. The second-order valence-electron chi connectivity index (χ2n) is 11.6. The van der Waals surface area contributed by atoms with Gasteiger partial charge in [0.1, 0.15) is 11.6 Å². The molecule has 3 aromatic carbocycles. The van der Waals surface area contributed by atoms with Crippen molar-refractivity contribution in [1.29, 1.82) is 0 Å². The zero-order valence-electron chi connectivity index (χ0n) is 24.9. The Morgan fingerprint density at radius 3 is 2.19 bits per heavy atom. The van der Waals surface area contributed by atoms with Gasteiger partial charge in [-0.1, -0.05) is 66.7 Å². The van der Waals surface area contributed by atoms with E-state index >= 15 is 0 Å². The average Bonchev–Trinajstić information content (AvgIpc) is 3.03. The molecule has 0 spiro atoms. The van der Waals surface area contributed by atoms with Crippen LogP contribution in [0.5, 0.6) is 5.75 Å². The van der Waals surface area contributed by atoms with Gasteiger partial charge in [0.25, 0.3) is 0 Å². The van der Waals surface area contributed by atoms with E-state index in [0.29, 0.717) is 56.1 Å². The molecule has 2 aliphatic rings. The van der Waals surface area contributed by atoms with Crippen molar-refractivity contribution in [1.82, 2.24) is 20.0 Å². The van der Waals surface area contributed by atoms with Gasteiger partial charge in [-0.3, -0.25) is 14.6 Å². The molecule has 0 bridgehead atoms. The lowest BCUT2D eigenvalue weighted by Crippen LogP contribution is -2.52. The summed E-state index contributed by atoms with van der Waals surface area (Å²) in [5.41, 5.74) is 3.28. The molecule has 1 atom stereocenters. The number of amides is 1. The lowest BCUT2D eigenvalue weighted by molar-refractivity contribution is -0.134. The summed E-state index contributed by atoms with van der Waals surface area (Å²) in [5, 5.41) is 3.87. The molecule has 0 saturated carbocycles. The Balaban J connectivity index is 1.09. The topological polar surface area (TPSA) is 48.1 Å². The maximum atomic E-state index is 14.5. The van der Waals surface area contributed by atoms with Crippen molar-refractivity contribution in [2.45, 2.75) is 45.3 Å². The monoisotopic (exact) mass is 572 g/mol. The van der Waals surface area contributed by atoms with E-state index in [1.807, 2.05) is 17.9 Å². The lowest BCUT2D eigenvalue weighted by atomic mass is 9.85. The maximum Gasteiger partial charge on any atom is 0.236 e. The van der Waals surface area contributed by atoms with Crippen molar-refractivity contribution in [3.05, 3.63) is 101 Å². The molecule has 0 radical (unpaired) electrons. The first-order chi connectivity index (χ1) is 20.6. The third kappa shape index (κ3) is 8.40. The summed E-state index contributed by atoms with van der Waals surface area (Å²) in [7, 11) is 0. The minimum Gasteiger partial charge on any atom is -0.493 e. The molecule has 1 amide bonds. The summed E-state index contributed by atoms with van der Waals surface area (Å²) in [5.74, 6) is 1.16. The number of likely N-dealkylation sites (tertiary alicyclic amines) is 1.